The molecule has 2 heteroatoms. The van der Waals surface area contributed by atoms with Gasteiger partial charge in [-0.3, -0.25) is 0 Å². The Morgan fingerprint density at radius 2 is 1.90 bits per heavy atom. The van der Waals surface area contributed by atoms with Gasteiger partial charge in [0.25, 0.3) is 0 Å². The minimum Gasteiger partial charge on any atom is -0.396 e. The van der Waals surface area contributed by atoms with E-state index < -0.39 is 0 Å². The molecule has 2 heterocycles. The molecule has 10 heavy (non-hydrogen) atoms. The number of rotatable bonds is 1. The fourth-order valence-electron chi connectivity index (χ4n) is 2.35. The second-order valence-corrected chi connectivity index (χ2v) is 3.73. The second kappa shape index (κ2) is 2.21. The normalized spacial score (nSPS) is 46.8. The lowest BCUT2D eigenvalue weighted by atomic mass is 9.74. The number of aliphatic hydroxyl groups is 1. The summed E-state index contributed by atoms with van der Waals surface area (Å²) in [4.78, 5) is 2.45. The van der Waals surface area contributed by atoms with E-state index in [1.165, 1.54) is 19.3 Å². The molecule has 1 aliphatic carbocycles. The predicted octanol–water partition coefficient (Wildman–Crippen LogP) is 0.461. The molecule has 2 bridgehead atoms. The van der Waals surface area contributed by atoms with Gasteiger partial charge in [0, 0.05) is 18.7 Å². The van der Waals surface area contributed by atoms with Crippen molar-refractivity contribution in [2.45, 2.75) is 31.3 Å². The maximum absolute atomic E-state index is 8.90. The first kappa shape index (κ1) is 6.62. The van der Waals surface area contributed by atoms with Crippen molar-refractivity contribution in [2.75, 3.05) is 13.7 Å². The average Bonchev–Trinajstić information content (AvgIpc) is 2.04. The lowest BCUT2D eigenvalue weighted by molar-refractivity contribution is -0.0421. The van der Waals surface area contributed by atoms with E-state index in [-0.39, 0.29) is 0 Å². The van der Waals surface area contributed by atoms with Crippen LogP contribution in [-0.2, 0) is 0 Å². The maximum Gasteiger partial charge on any atom is 0.0460 e. The standard InChI is InChI=1S/C8H15NO/c1-9-7-2-6(5-10)3-8(9)4-7/h6-8,10H,2-5H2,1H3/t6?,7-,8+. The van der Waals surface area contributed by atoms with Crippen molar-refractivity contribution in [3.05, 3.63) is 0 Å². The highest BCUT2D eigenvalue weighted by molar-refractivity contribution is 4.97. The van der Waals surface area contributed by atoms with E-state index in [1.807, 2.05) is 0 Å². The van der Waals surface area contributed by atoms with Gasteiger partial charge in [-0.05, 0) is 32.2 Å². The van der Waals surface area contributed by atoms with Gasteiger partial charge in [-0.2, -0.15) is 0 Å². The zero-order valence-corrected chi connectivity index (χ0v) is 6.45. The molecule has 3 fully saturated rings. The third-order valence-electron chi connectivity index (χ3n) is 3.17. The van der Waals surface area contributed by atoms with E-state index in [1.54, 1.807) is 0 Å². The van der Waals surface area contributed by atoms with Crippen LogP contribution < -0.4 is 0 Å². The Bertz CT molecular complexity index is 125. The predicted molar refractivity (Wildman–Crippen MR) is 39.8 cm³/mol. The molecule has 0 aromatic heterocycles. The molecule has 0 radical (unpaired) electrons. The first-order chi connectivity index (χ1) is 4.81. The summed E-state index contributed by atoms with van der Waals surface area (Å²) in [6.45, 7) is 0.404. The van der Waals surface area contributed by atoms with Crippen LogP contribution in [-0.4, -0.2) is 35.7 Å². The summed E-state index contributed by atoms with van der Waals surface area (Å²) in [6, 6.07) is 1.60. The van der Waals surface area contributed by atoms with E-state index in [0.717, 1.165) is 12.1 Å². The quantitative estimate of drug-likeness (QED) is 0.573. The molecule has 2 saturated heterocycles. The Morgan fingerprint density at radius 3 is 2.30 bits per heavy atom. The molecule has 3 atom stereocenters. The van der Waals surface area contributed by atoms with Crippen LogP contribution in [0.5, 0.6) is 0 Å². The van der Waals surface area contributed by atoms with Crippen molar-refractivity contribution < 1.29 is 5.11 Å². The van der Waals surface area contributed by atoms with Crippen molar-refractivity contribution in [2.24, 2.45) is 5.92 Å². The first-order valence-corrected chi connectivity index (χ1v) is 4.14. The summed E-state index contributed by atoms with van der Waals surface area (Å²) in [5.74, 6) is 0.611. The van der Waals surface area contributed by atoms with Crippen LogP contribution in [0.3, 0.4) is 0 Å². The van der Waals surface area contributed by atoms with E-state index in [9.17, 15) is 0 Å². The van der Waals surface area contributed by atoms with Crippen molar-refractivity contribution in [3.63, 3.8) is 0 Å². The van der Waals surface area contributed by atoms with Gasteiger partial charge in [-0.15, -0.1) is 0 Å². The molecule has 1 N–H and O–H groups in total. The van der Waals surface area contributed by atoms with E-state index in [4.69, 9.17) is 5.11 Å². The molecule has 2 aliphatic heterocycles. The van der Waals surface area contributed by atoms with Gasteiger partial charge in [0.2, 0.25) is 0 Å². The Morgan fingerprint density at radius 1 is 1.30 bits per heavy atom. The third kappa shape index (κ3) is 0.789. The van der Waals surface area contributed by atoms with Gasteiger partial charge >= 0.3 is 0 Å². The van der Waals surface area contributed by atoms with E-state index in [2.05, 4.69) is 11.9 Å². The lowest BCUT2D eigenvalue weighted by Gasteiger charge is -2.53. The zero-order valence-electron chi connectivity index (χ0n) is 6.45. The summed E-state index contributed by atoms with van der Waals surface area (Å²) >= 11 is 0. The Labute approximate surface area is 61.8 Å². The van der Waals surface area contributed by atoms with Gasteiger partial charge < -0.3 is 10.0 Å². The highest BCUT2D eigenvalue weighted by Crippen LogP contribution is 2.39. The number of piperidine rings is 1. The van der Waals surface area contributed by atoms with Gasteiger partial charge in [0.1, 0.15) is 0 Å². The van der Waals surface area contributed by atoms with Crippen LogP contribution >= 0.6 is 0 Å². The molecular formula is C8H15NO. The van der Waals surface area contributed by atoms with Gasteiger partial charge in [0.15, 0.2) is 0 Å². The molecular weight excluding hydrogens is 126 g/mol. The SMILES string of the molecule is CN1[C@@H]2CC(CO)C[C@H]1C2. The van der Waals surface area contributed by atoms with Gasteiger partial charge in [0.05, 0.1) is 0 Å². The first-order valence-electron chi connectivity index (χ1n) is 4.14. The zero-order chi connectivity index (χ0) is 7.14. The third-order valence-corrected chi connectivity index (χ3v) is 3.17. The second-order valence-electron chi connectivity index (χ2n) is 3.73. The Kier molecular flexibility index (Phi) is 1.46. The molecule has 1 unspecified atom stereocenters. The molecule has 0 spiro atoms. The lowest BCUT2D eigenvalue weighted by Crippen LogP contribution is -2.58. The number of nitrogens with zero attached hydrogens (tertiary/aromatic N) is 1. The minimum atomic E-state index is 0.404. The largest absolute Gasteiger partial charge is 0.396 e. The summed E-state index contributed by atoms with van der Waals surface area (Å²) in [5, 5.41) is 8.90. The summed E-state index contributed by atoms with van der Waals surface area (Å²) < 4.78 is 0. The van der Waals surface area contributed by atoms with Crippen LogP contribution in [0.1, 0.15) is 19.3 Å². The minimum absolute atomic E-state index is 0.404. The van der Waals surface area contributed by atoms with Crippen molar-refractivity contribution in [1.29, 1.82) is 0 Å². The van der Waals surface area contributed by atoms with Crippen LogP contribution in [0.2, 0.25) is 0 Å². The summed E-state index contributed by atoms with van der Waals surface area (Å²) in [6.07, 6.45) is 3.83. The molecule has 1 saturated carbocycles. The van der Waals surface area contributed by atoms with Crippen molar-refractivity contribution in [1.82, 2.24) is 4.90 Å². The van der Waals surface area contributed by atoms with Crippen molar-refractivity contribution >= 4 is 0 Å². The number of hydrogen-bond acceptors (Lipinski definition) is 2. The molecule has 0 aromatic rings. The number of aliphatic hydroxyl groups excluding tert-OH is 1. The fraction of sp³-hybridized carbons (Fsp3) is 1.00. The smallest absolute Gasteiger partial charge is 0.0460 e. The van der Waals surface area contributed by atoms with Gasteiger partial charge in [-0.1, -0.05) is 0 Å². The monoisotopic (exact) mass is 141 g/mol. The maximum atomic E-state index is 8.90. The fourth-order valence-corrected chi connectivity index (χ4v) is 2.35. The molecule has 0 amide bonds. The summed E-state index contributed by atoms with van der Waals surface area (Å²) in [5.41, 5.74) is 0. The number of hydrogen-bond donors (Lipinski definition) is 1. The highest BCUT2D eigenvalue weighted by atomic mass is 16.3. The molecule has 58 valence electrons. The molecule has 0 aromatic carbocycles. The average molecular weight is 141 g/mol. The Hall–Kier alpha value is -0.0800. The number of fused-ring (bicyclic) bond motifs is 2. The van der Waals surface area contributed by atoms with Crippen LogP contribution in [0.25, 0.3) is 0 Å². The van der Waals surface area contributed by atoms with Crippen LogP contribution in [0, 0.1) is 5.92 Å². The molecule has 3 aliphatic rings. The topological polar surface area (TPSA) is 23.5 Å². The summed E-state index contributed by atoms with van der Waals surface area (Å²) in [7, 11) is 2.20. The highest BCUT2D eigenvalue weighted by Gasteiger charge is 2.42. The Balaban J connectivity index is 1.93. The van der Waals surface area contributed by atoms with Crippen molar-refractivity contribution in [3.8, 4) is 0 Å². The van der Waals surface area contributed by atoms with Crippen LogP contribution in [0.4, 0.5) is 0 Å². The van der Waals surface area contributed by atoms with E-state index in [0.29, 0.717) is 12.5 Å². The molecule has 2 nitrogen and oxygen atoms in total. The van der Waals surface area contributed by atoms with Gasteiger partial charge in [-0.25, -0.2) is 0 Å². The van der Waals surface area contributed by atoms with E-state index >= 15 is 0 Å². The molecule has 3 rings (SSSR count). The van der Waals surface area contributed by atoms with Crippen LogP contribution in [0.15, 0.2) is 0 Å².